The third-order valence-corrected chi connectivity index (χ3v) is 4.96. The molecule has 140 valence electrons. The van der Waals surface area contributed by atoms with Crippen molar-refractivity contribution in [3.05, 3.63) is 28.8 Å². The molecule has 1 aromatic carbocycles. The van der Waals surface area contributed by atoms with Gasteiger partial charge in [0.05, 0.1) is 12.0 Å². The fraction of sp³-hybridized carbons (Fsp3) is 0.636. The van der Waals surface area contributed by atoms with E-state index in [1.807, 2.05) is 40.1 Å². The van der Waals surface area contributed by atoms with Gasteiger partial charge in [-0.1, -0.05) is 39.5 Å². The first kappa shape index (κ1) is 21.4. The Morgan fingerprint density at radius 1 is 1.12 bits per heavy atom. The van der Waals surface area contributed by atoms with Gasteiger partial charge in [-0.2, -0.15) is 0 Å². The number of hydrogen-bond acceptors (Lipinski definition) is 2. The Hall–Kier alpha value is -1.64. The topological polar surface area (TPSA) is 32.7 Å². The van der Waals surface area contributed by atoms with Gasteiger partial charge >= 0.3 is 0 Å². The molecule has 1 aromatic rings. The smallest absolute Gasteiger partial charge is 0.163 e. The van der Waals surface area contributed by atoms with Crippen LogP contribution >= 0.6 is 0 Å². The Balaban J connectivity index is 0.00000151. The minimum absolute atomic E-state index is 0.303. The van der Waals surface area contributed by atoms with Gasteiger partial charge in [0.2, 0.25) is 0 Å². The van der Waals surface area contributed by atoms with Gasteiger partial charge in [-0.15, -0.1) is 0 Å². The van der Waals surface area contributed by atoms with Crippen molar-refractivity contribution in [1.82, 2.24) is 4.90 Å². The summed E-state index contributed by atoms with van der Waals surface area (Å²) in [5.41, 5.74) is 3.97. The lowest BCUT2D eigenvalue weighted by Gasteiger charge is -2.15. The second-order valence-electron chi connectivity index (χ2n) is 6.70. The molecule has 1 saturated carbocycles. The molecule has 3 heteroatoms. The molecule has 25 heavy (non-hydrogen) atoms. The third-order valence-electron chi connectivity index (χ3n) is 4.96. The molecular formula is C22H36N2O. The average molecular weight is 345 g/mol. The maximum absolute atomic E-state index is 12.6. The molecule has 1 fully saturated rings. The fourth-order valence-electron chi connectivity index (χ4n) is 3.36. The summed E-state index contributed by atoms with van der Waals surface area (Å²) < 4.78 is 0. The summed E-state index contributed by atoms with van der Waals surface area (Å²) in [5.74, 6) is 0.902. The van der Waals surface area contributed by atoms with Gasteiger partial charge in [0.25, 0.3) is 0 Å². The zero-order valence-corrected chi connectivity index (χ0v) is 17.1. The summed E-state index contributed by atoms with van der Waals surface area (Å²) in [6.07, 6.45) is 7.63. The van der Waals surface area contributed by atoms with Crippen molar-refractivity contribution in [2.75, 3.05) is 13.1 Å². The molecule has 3 nitrogen and oxygen atoms in total. The lowest BCUT2D eigenvalue weighted by atomic mass is 9.93. The molecule has 1 aliphatic carbocycles. The molecule has 0 aromatic heterocycles. The Morgan fingerprint density at radius 2 is 1.72 bits per heavy atom. The predicted molar refractivity (Wildman–Crippen MR) is 109 cm³/mol. The number of ketones is 1. The highest BCUT2D eigenvalue weighted by Gasteiger charge is 2.20. The summed E-state index contributed by atoms with van der Waals surface area (Å²) in [4.78, 5) is 19.4. The van der Waals surface area contributed by atoms with Crippen LogP contribution in [0.3, 0.4) is 0 Å². The van der Waals surface area contributed by atoms with Crippen LogP contribution in [0.2, 0.25) is 0 Å². The van der Waals surface area contributed by atoms with Crippen molar-refractivity contribution in [1.29, 1.82) is 0 Å². The average Bonchev–Trinajstić information content (AvgIpc) is 3.13. The van der Waals surface area contributed by atoms with E-state index in [9.17, 15) is 4.79 Å². The number of Topliss-reactive ketones (excluding diaryl/α,β-unsaturated/α-hetero) is 1. The molecule has 0 aliphatic heterocycles. The second kappa shape index (κ2) is 11.1. The summed E-state index contributed by atoms with van der Waals surface area (Å²) in [7, 11) is 0. The summed E-state index contributed by atoms with van der Waals surface area (Å²) in [5, 5.41) is 0. The predicted octanol–water partition coefficient (Wildman–Crippen LogP) is 6.09. The highest BCUT2D eigenvalue weighted by molar-refractivity contribution is 5.98. The van der Waals surface area contributed by atoms with Gasteiger partial charge in [0.1, 0.15) is 0 Å². The van der Waals surface area contributed by atoms with E-state index in [4.69, 9.17) is 0 Å². The number of carbonyl (C=O) groups excluding carboxylic acids is 1. The lowest BCUT2D eigenvalue weighted by molar-refractivity contribution is 0.0961. The van der Waals surface area contributed by atoms with Crippen LogP contribution in [0.4, 0.5) is 5.69 Å². The highest BCUT2D eigenvalue weighted by Crippen LogP contribution is 2.30. The van der Waals surface area contributed by atoms with E-state index in [2.05, 4.69) is 29.8 Å². The van der Waals surface area contributed by atoms with Crippen molar-refractivity contribution in [2.24, 2.45) is 10.9 Å². The van der Waals surface area contributed by atoms with Crippen molar-refractivity contribution < 1.29 is 4.79 Å². The first-order valence-corrected chi connectivity index (χ1v) is 9.97. The SMILES string of the molecule is CC.CCN(C=Nc1cc(C)c(C(=O)CC2CCCC2)cc1C)CC. The Morgan fingerprint density at radius 3 is 2.28 bits per heavy atom. The van der Waals surface area contributed by atoms with E-state index in [-0.39, 0.29) is 0 Å². The van der Waals surface area contributed by atoms with E-state index in [0.717, 1.165) is 35.5 Å². The van der Waals surface area contributed by atoms with Crippen LogP contribution in [0.25, 0.3) is 0 Å². The van der Waals surface area contributed by atoms with Crippen LogP contribution in [0, 0.1) is 19.8 Å². The number of aryl methyl sites for hydroxylation is 2. The maximum atomic E-state index is 12.6. The van der Waals surface area contributed by atoms with Gasteiger partial charge in [0, 0.05) is 25.1 Å². The van der Waals surface area contributed by atoms with Crippen molar-refractivity contribution >= 4 is 17.8 Å². The van der Waals surface area contributed by atoms with Gasteiger partial charge < -0.3 is 4.90 Å². The minimum atomic E-state index is 0.303. The summed E-state index contributed by atoms with van der Waals surface area (Å²) in [6.45, 7) is 14.2. The van der Waals surface area contributed by atoms with Crippen LogP contribution in [-0.4, -0.2) is 30.1 Å². The molecule has 2 rings (SSSR count). The quantitative estimate of drug-likeness (QED) is 0.340. The lowest BCUT2D eigenvalue weighted by Crippen LogP contribution is -2.20. The normalized spacial score (nSPS) is 14.5. The van der Waals surface area contributed by atoms with Gasteiger partial charge in [-0.3, -0.25) is 4.79 Å². The molecule has 0 saturated heterocycles. The number of aliphatic imine (C=N–C) groups is 1. The summed E-state index contributed by atoms with van der Waals surface area (Å²) >= 11 is 0. The van der Waals surface area contributed by atoms with E-state index in [0.29, 0.717) is 18.1 Å². The van der Waals surface area contributed by atoms with Gasteiger partial charge in [0.15, 0.2) is 5.78 Å². The van der Waals surface area contributed by atoms with Crippen LogP contribution < -0.4 is 0 Å². The Bertz CT molecular complexity index is 568. The first-order valence-electron chi connectivity index (χ1n) is 9.97. The molecule has 0 unspecified atom stereocenters. The highest BCUT2D eigenvalue weighted by atomic mass is 16.1. The number of hydrogen-bond donors (Lipinski definition) is 0. The first-order chi connectivity index (χ1) is 12.0. The Kier molecular flexibility index (Phi) is 9.48. The van der Waals surface area contributed by atoms with Gasteiger partial charge in [-0.05, 0) is 56.9 Å². The van der Waals surface area contributed by atoms with Crippen molar-refractivity contribution in [3.8, 4) is 0 Å². The number of benzene rings is 1. The molecule has 0 heterocycles. The maximum Gasteiger partial charge on any atom is 0.163 e. The molecule has 0 radical (unpaired) electrons. The number of nitrogens with zero attached hydrogens (tertiary/aromatic N) is 2. The molecule has 0 amide bonds. The largest absolute Gasteiger partial charge is 0.363 e. The van der Waals surface area contributed by atoms with Crippen molar-refractivity contribution in [3.63, 3.8) is 0 Å². The van der Waals surface area contributed by atoms with Crippen LogP contribution in [-0.2, 0) is 0 Å². The molecular weight excluding hydrogens is 308 g/mol. The van der Waals surface area contributed by atoms with E-state index in [1.54, 1.807) is 0 Å². The molecule has 1 aliphatic rings. The Labute approximate surface area is 154 Å². The van der Waals surface area contributed by atoms with E-state index in [1.165, 1.54) is 25.7 Å². The van der Waals surface area contributed by atoms with E-state index >= 15 is 0 Å². The van der Waals surface area contributed by atoms with Crippen LogP contribution in [0.15, 0.2) is 17.1 Å². The zero-order valence-electron chi connectivity index (χ0n) is 17.1. The van der Waals surface area contributed by atoms with E-state index < -0.39 is 0 Å². The monoisotopic (exact) mass is 344 g/mol. The molecule has 0 atom stereocenters. The molecule has 0 bridgehead atoms. The van der Waals surface area contributed by atoms with Crippen molar-refractivity contribution in [2.45, 2.75) is 73.6 Å². The van der Waals surface area contributed by atoms with Crippen LogP contribution in [0.1, 0.15) is 81.3 Å². The third kappa shape index (κ3) is 6.30. The minimum Gasteiger partial charge on any atom is -0.363 e. The standard InChI is InChI=1S/C20H30N2O.C2H6/c1-5-22(6-2)14-21-19-12-15(3)18(11-16(19)4)20(23)13-17-9-7-8-10-17;1-2/h11-12,14,17H,5-10,13H2,1-4H3;1-2H3. The van der Waals surface area contributed by atoms with Gasteiger partial charge in [-0.25, -0.2) is 4.99 Å². The summed E-state index contributed by atoms with van der Waals surface area (Å²) in [6, 6.07) is 4.08. The molecule has 0 N–H and O–H groups in total. The second-order valence-corrected chi connectivity index (χ2v) is 6.70. The van der Waals surface area contributed by atoms with Crippen LogP contribution in [0.5, 0.6) is 0 Å². The zero-order chi connectivity index (χ0) is 18.8. The number of carbonyl (C=O) groups is 1. The fourth-order valence-corrected chi connectivity index (χ4v) is 3.36. The number of rotatable bonds is 7. The molecule has 0 spiro atoms.